The fraction of sp³-hybridized carbons (Fsp3) is 0.414. The van der Waals surface area contributed by atoms with Crippen LogP contribution in [0, 0.1) is 17.2 Å². The van der Waals surface area contributed by atoms with Gasteiger partial charge in [-0.25, -0.2) is 4.98 Å². The summed E-state index contributed by atoms with van der Waals surface area (Å²) < 4.78 is 11.4. The molecule has 5 rings (SSSR count). The van der Waals surface area contributed by atoms with E-state index in [1.54, 1.807) is 6.20 Å². The molecule has 2 aliphatic heterocycles. The number of pyridine rings is 1. The van der Waals surface area contributed by atoms with Crippen LogP contribution in [0.2, 0.25) is 5.02 Å². The minimum atomic E-state index is -0.778. The Hall–Kier alpha value is -3.16. The average Bonchev–Trinajstić information content (AvgIpc) is 2.86. The van der Waals surface area contributed by atoms with Crippen LogP contribution in [0.3, 0.4) is 0 Å². The Morgan fingerprint density at radius 3 is 2.57 bits per heavy atom. The summed E-state index contributed by atoms with van der Waals surface area (Å²) in [5.74, 6) is 0.698. The van der Waals surface area contributed by atoms with Crippen molar-refractivity contribution in [3.05, 3.63) is 59.2 Å². The van der Waals surface area contributed by atoms with Crippen LogP contribution in [-0.2, 0) is 15.1 Å². The van der Waals surface area contributed by atoms with E-state index in [0.717, 1.165) is 34.9 Å². The molecule has 1 aromatic heterocycles. The first-order valence-corrected chi connectivity index (χ1v) is 13.2. The maximum absolute atomic E-state index is 13.3. The number of rotatable bonds is 6. The molecule has 0 saturated carbocycles. The zero-order chi connectivity index (χ0) is 26.2. The maximum atomic E-state index is 13.3. The first kappa shape index (κ1) is 25.5. The van der Waals surface area contributed by atoms with E-state index in [1.165, 1.54) is 0 Å². The van der Waals surface area contributed by atoms with Crippen LogP contribution in [-0.4, -0.2) is 35.9 Å². The van der Waals surface area contributed by atoms with E-state index in [0.29, 0.717) is 29.8 Å². The van der Waals surface area contributed by atoms with Crippen molar-refractivity contribution < 1.29 is 14.3 Å². The number of halogens is 1. The van der Waals surface area contributed by atoms with Gasteiger partial charge in [0.05, 0.1) is 40.2 Å². The highest BCUT2D eigenvalue weighted by Gasteiger charge is 2.45. The van der Waals surface area contributed by atoms with E-state index in [4.69, 9.17) is 26.5 Å². The smallest absolute Gasteiger partial charge is 0.221 e. The zero-order valence-electron chi connectivity index (χ0n) is 21.4. The Balaban J connectivity index is 1.44. The monoisotopic (exact) mass is 520 g/mol. The van der Waals surface area contributed by atoms with E-state index >= 15 is 0 Å². The van der Waals surface area contributed by atoms with Crippen LogP contribution in [0.25, 0.3) is 10.8 Å². The summed E-state index contributed by atoms with van der Waals surface area (Å²) in [6.07, 6.45) is 3.64. The largest absolute Gasteiger partial charge is 0.475 e. The molecule has 0 bridgehead atoms. The third kappa shape index (κ3) is 5.03. The molecule has 2 saturated heterocycles. The number of nitrogens with zero attached hydrogens (tertiary/aromatic N) is 1. The Labute approximate surface area is 222 Å². The molecule has 1 unspecified atom stereocenters. The molecule has 8 heteroatoms. The molecule has 0 amide bonds. The van der Waals surface area contributed by atoms with Crippen LogP contribution in [0.5, 0.6) is 5.88 Å². The zero-order valence-corrected chi connectivity index (χ0v) is 22.2. The van der Waals surface area contributed by atoms with E-state index in [9.17, 15) is 4.79 Å². The summed E-state index contributed by atoms with van der Waals surface area (Å²) in [7, 11) is 0. The lowest BCUT2D eigenvalue weighted by Crippen LogP contribution is -2.56. The van der Waals surface area contributed by atoms with Crippen molar-refractivity contribution in [1.29, 1.82) is 5.41 Å². The normalized spacial score (nSPS) is 22.8. The van der Waals surface area contributed by atoms with E-state index < -0.39 is 11.5 Å². The molecule has 7 nitrogen and oxygen atoms in total. The van der Waals surface area contributed by atoms with E-state index in [1.807, 2.05) is 63.2 Å². The first-order valence-electron chi connectivity index (χ1n) is 12.8. The predicted molar refractivity (Wildman–Crippen MR) is 147 cm³/mol. The van der Waals surface area contributed by atoms with Gasteiger partial charge in [0, 0.05) is 30.4 Å². The van der Waals surface area contributed by atoms with E-state index in [-0.39, 0.29) is 30.1 Å². The quantitative estimate of drug-likeness (QED) is 0.357. The third-order valence-electron chi connectivity index (χ3n) is 7.30. The Kier molecular flexibility index (Phi) is 7.10. The summed E-state index contributed by atoms with van der Waals surface area (Å²) in [4.78, 5) is 17.9. The van der Waals surface area contributed by atoms with Gasteiger partial charge in [-0.3, -0.25) is 10.2 Å². The molecule has 37 heavy (non-hydrogen) atoms. The van der Waals surface area contributed by atoms with Crippen LogP contribution >= 0.6 is 11.6 Å². The van der Waals surface area contributed by atoms with Crippen molar-refractivity contribution in [3.63, 3.8) is 0 Å². The van der Waals surface area contributed by atoms with Gasteiger partial charge in [-0.1, -0.05) is 41.9 Å². The summed E-state index contributed by atoms with van der Waals surface area (Å²) in [6.45, 7) is 7.19. The van der Waals surface area contributed by atoms with Gasteiger partial charge in [0.15, 0.2) is 0 Å². The van der Waals surface area contributed by atoms with Gasteiger partial charge < -0.3 is 20.1 Å². The van der Waals surface area contributed by atoms with Gasteiger partial charge in [0.1, 0.15) is 11.6 Å². The lowest BCUT2D eigenvalue weighted by Gasteiger charge is -2.42. The van der Waals surface area contributed by atoms with Gasteiger partial charge in [0.2, 0.25) is 5.88 Å². The topological polar surface area (TPSA) is 96.3 Å². The van der Waals surface area contributed by atoms with E-state index in [2.05, 4.69) is 15.6 Å². The van der Waals surface area contributed by atoms with Crippen molar-refractivity contribution in [1.82, 2.24) is 10.3 Å². The van der Waals surface area contributed by atoms with Crippen molar-refractivity contribution in [2.24, 2.45) is 11.8 Å². The molecule has 0 aliphatic carbocycles. The lowest BCUT2D eigenvalue weighted by atomic mass is 9.73. The number of ether oxygens (including phenoxy) is 2. The molecule has 3 N–H and O–H groups in total. The third-order valence-corrected chi connectivity index (χ3v) is 7.71. The fourth-order valence-electron chi connectivity index (χ4n) is 5.53. The number of amidine groups is 1. The molecule has 3 heterocycles. The highest BCUT2D eigenvalue weighted by atomic mass is 35.5. The fourth-order valence-corrected chi connectivity index (χ4v) is 5.91. The minimum Gasteiger partial charge on any atom is -0.475 e. The number of Topliss-reactive ketones (excluding diaryl/α,β-unsaturated/α-hetero) is 1. The summed E-state index contributed by atoms with van der Waals surface area (Å²) >= 11 is 6.97. The minimum absolute atomic E-state index is 0.0112. The number of hydrogen-bond donors (Lipinski definition) is 3. The predicted octanol–water partition coefficient (Wildman–Crippen LogP) is 6.22. The second-order valence-electron chi connectivity index (χ2n) is 10.4. The molecule has 2 atom stereocenters. The highest BCUT2D eigenvalue weighted by molar-refractivity contribution is 6.34. The van der Waals surface area contributed by atoms with Gasteiger partial charge >= 0.3 is 0 Å². The second kappa shape index (κ2) is 10.3. The van der Waals surface area contributed by atoms with Crippen LogP contribution < -0.4 is 15.4 Å². The number of anilines is 2. The summed E-state index contributed by atoms with van der Waals surface area (Å²) in [5.41, 5.74) is 1.51. The number of carbonyl (C=O) groups excluding carboxylic acids is 1. The first-order chi connectivity index (χ1) is 17.8. The number of aromatic nitrogens is 1. The lowest BCUT2D eigenvalue weighted by molar-refractivity contribution is -0.125. The highest BCUT2D eigenvalue weighted by Crippen LogP contribution is 2.42. The second-order valence-corrected chi connectivity index (χ2v) is 10.8. The molecule has 2 aliphatic rings. The number of hydrogen-bond acceptors (Lipinski definition) is 6. The number of ketones is 1. The average molecular weight is 521 g/mol. The van der Waals surface area contributed by atoms with Crippen molar-refractivity contribution in [2.45, 2.75) is 51.7 Å². The van der Waals surface area contributed by atoms with Crippen molar-refractivity contribution >= 4 is 45.4 Å². The summed E-state index contributed by atoms with van der Waals surface area (Å²) in [6, 6.07) is 13.7. The molecule has 2 fully saturated rings. The van der Waals surface area contributed by atoms with Crippen LogP contribution in [0.4, 0.5) is 11.4 Å². The molecule has 0 radical (unpaired) electrons. The Morgan fingerprint density at radius 1 is 1.14 bits per heavy atom. The molecule has 0 spiro atoms. The number of fused-ring (bicyclic) bond motifs is 1. The van der Waals surface area contributed by atoms with Crippen LogP contribution in [0.15, 0.2) is 48.7 Å². The van der Waals surface area contributed by atoms with Crippen molar-refractivity contribution in [2.75, 3.05) is 18.5 Å². The van der Waals surface area contributed by atoms with Gasteiger partial charge in [-0.05, 0) is 57.2 Å². The molecule has 2 aromatic carbocycles. The molecule has 194 valence electrons. The van der Waals surface area contributed by atoms with Crippen molar-refractivity contribution in [3.8, 4) is 5.88 Å². The molecular formula is C29H33ClN4O3. The van der Waals surface area contributed by atoms with Gasteiger partial charge in [-0.2, -0.15) is 0 Å². The number of piperidine rings is 1. The van der Waals surface area contributed by atoms with Crippen LogP contribution in [0.1, 0.15) is 45.6 Å². The molecular weight excluding hydrogens is 488 g/mol. The summed E-state index contributed by atoms with van der Waals surface area (Å²) in [5, 5.41) is 17.9. The van der Waals surface area contributed by atoms with Gasteiger partial charge in [-0.15, -0.1) is 0 Å². The van der Waals surface area contributed by atoms with Gasteiger partial charge in [0.25, 0.3) is 0 Å². The number of carbonyl (C=O) groups is 1. The Bertz CT molecular complexity index is 1320. The standard InChI is InChI=1S/C29H33ClN4O3/c1-17(2)37-28-20-8-5-4-7-19(20)23(16-32-28)33-22-10-6-9-21(26(22)30)29(3)15-24(35)25(27(31)34-29)18-11-13-36-14-12-18/h4-10,16-18,25,33H,11-15H2,1-3H3,(H2,31,34)/t25?,29-/m0/s1. The number of benzene rings is 2. The SMILES string of the molecule is CC(C)Oc1ncc(Nc2cccc([C@]3(C)CC(=O)C(C4CCOCC4)C(=N)N3)c2Cl)c2ccccc12. The molecule has 3 aromatic rings. The number of nitrogens with one attached hydrogen (secondary N) is 3. The maximum Gasteiger partial charge on any atom is 0.221 e. The Morgan fingerprint density at radius 2 is 1.86 bits per heavy atom.